The third-order valence-electron chi connectivity index (χ3n) is 5.89. The Hall–Kier alpha value is -3.16. The van der Waals surface area contributed by atoms with Gasteiger partial charge in [0.1, 0.15) is 5.75 Å². The van der Waals surface area contributed by atoms with Gasteiger partial charge in [0.25, 0.3) is 5.91 Å². The second-order valence-electron chi connectivity index (χ2n) is 8.56. The number of hydrogen-bond acceptors (Lipinski definition) is 5. The minimum absolute atomic E-state index is 0.0547. The number of aryl methyl sites for hydroxylation is 3. The normalized spacial score (nSPS) is 14.8. The van der Waals surface area contributed by atoms with E-state index in [0.29, 0.717) is 6.54 Å². The van der Waals surface area contributed by atoms with E-state index in [1.807, 2.05) is 44.3 Å². The number of benzene rings is 2. The number of nitrogens with zero attached hydrogens (tertiary/aromatic N) is 3. The molecule has 0 spiro atoms. The van der Waals surface area contributed by atoms with Crippen LogP contribution < -0.4 is 4.74 Å². The highest BCUT2D eigenvalue weighted by atomic mass is 16.5. The van der Waals surface area contributed by atoms with E-state index in [1.165, 1.54) is 10.6 Å². The lowest BCUT2D eigenvalue weighted by Gasteiger charge is -2.28. The van der Waals surface area contributed by atoms with E-state index in [-0.39, 0.29) is 12.5 Å². The number of hydrazone groups is 1. The van der Waals surface area contributed by atoms with Gasteiger partial charge in [0.15, 0.2) is 6.61 Å². The summed E-state index contributed by atoms with van der Waals surface area (Å²) in [5, 5.41) is 7.21. The maximum atomic E-state index is 13.1. The molecule has 0 unspecified atom stereocenters. The second kappa shape index (κ2) is 10.6. The van der Waals surface area contributed by atoms with E-state index in [4.69, 9.17) is 9.47 Å². The van der Waals surface area contributed by atoms with Crippen molar-refractivity contribution in [3.05, 3.63) is 64.8 Å². The number of hydrogen-bond donors (Lipinski definition) is 1. The molecule has 1 aliphatic rings. The summed E-state index contributed by atoms with van der Waals surface area (Å²) in [4.78, 5) is 18.6. The van der Waals surface area contributed by atoms with Gasteiger partial charge in [-0.25, -0.2) is 5.01 Å². The van der Waals surface area contributed by atoms with Crippen molar-refractivity contribution in [1.82, 2.24) is 14.9 Å². The van der Waals surface area contributed by atoms with Gasteiger partial charge in [0.05, 0.1) is 26.0 Å². The van der Waals surface area contributed by atoms with Crippen molar-refractivity contribution in [2.24, 2.45) is 5.10 Å². The molecule has 1 saturated heterocycles. The molecule has 0 saturated carbocycles. The molecule has 33 heavy (non-hydrogen) atoms. The molecule has 1 aromatic heterocycles. The number of ether oxygens (including phenoxy) is 2. The molecule has 4 rings (SSSR count). The first kappa shape index (κ1) is 23.0. The molecule has 7 nitrogen and oxygen atoms in total. The number of aromatic nitrogens is 1. The molecule has 0 bridgehead atoms. The largest absolute Gasteiger partial charge is 0.483 e. The van der Waals surface area contributed by atoms with Gasteiger partial charge in [-0.2, -0.15) is 5.10 Å². The standard InChI is InChI=1S/C26H32N4O3/c1-19-14-20(2)26(21(3)15-19)33-18-25(31)30(9-8-29-10-12-32-13-11-29)28-17-22-4-5-23-6-7-27-24(23)16-22/h4-7,14-17,27H,8-13,18H2,1-3H3/b28-17+. The summed E-state index contributed by atoms with van der Waals surface area (Å²) in [6.45, 7) is 10.4. The van der Waals surface area contributed by atoms with Crippen molar-refractivity contribution in [3.8, 4) is 5.75 Å². The third kappa shape index (κ3) is 6.00. The van der Waals surface area contributed by atoms with Gasteiger partial charge in [-0.05, 0) is 55.0 Å². The molecule has 1 aliphatic heterocycles. The first-order valence-corrected chi connectivity index (χ1v) is 11.4. The van der Waals surface area contributed by atoms with Gasteiger partial charge < -0.3 is 14.5 Å². The molecule has 2 heterocycles. The van der Waals surface area contributed by atoms with E-state index in [1.54, 1.807) is 6.21 Å². The molecule has 1 fully saturated rings. The molecule has 0 atom stereocenters. The molecular weight excluding hydrogens is 416 g/mol. The molecule has 0 radical (unpaired) electrons. The van der Waals surface area contributed by atoms with E-state index < -0.39 is 0 Å². The van der Waals surface area contributed by atoms with Crippen LogP contribution in [0.1, 0.15) is 22.3 Å². The van der Waals surface area contributed by atoms with Crippen molar-refractivity contribution in [3.63, 3.8) is 0 Å². The van der Waals surface area contributed by atoms with Crippen LogP contribution in [-0.2, 0) is 9.53 Å². The Bertz CT molecular complexity index is 1110. The summed E-state index contributed by atoms with van der Waals surface area (Å²) >= 11 is 0. The fourth-order valence-electron chi connectivity index (χ4n) is 4.19. The van der Waals surface area contributed by atoms with Crippen LogP contribution in [0.15, 0.2) is 47.7 Å². The molecule has 2 aromatic carbocycles. The Morgan fingerprint density at radius 1 is 1.15 bits per heavy atom. The van der Waals surface area contributed by atoms with Gasteiger partial charge in [0.2, 0.25) is 0 Å². The Labute approximate surface area is 195 Å². The van der Waals surface area contributed by atoms with Crippen molar-refractivity contribution >= 4 is 23.0 Å². The number of H-pyrrole nitrogens is 1. The molecule has 3 aromatic rings. The smallest absolute Gasteiger partial charge is 0.280 e. The lowest BCUT2D eigenvalue weighted by Crippen LogP contribution is -2.42. The zero-order chi connectivity index (χ0) is 23.2. The minimum Gasteiger partial charge on any atom is -0.483 e. The number of rotatable bonds is 8. The molecule has 0 aliphatic carbocycles. The Morgan fingerprint density at radius 3 is 2.67 bits per heavy atom. The summed E-state index contributed by atoms with van der Waals surface area (Å²) < 4.78 is 11.4. The molecular formula is C26H32N4O3. The van der Waals surface area contributed by atoms with E-state index >= 15 is 0 Å². The number of nitrogens with one attached hydrogen (secondary N) is 1. The first-order chi connectivity index (χ1) is 16.0. The van der Waals surface area contributed by atoms with Crippen LogP contribution in [0, 0.1) is 20.8 Å². The maximum Gasteiger partial charge on any atom is 0.280 e. The summed E-state index contributed by atoms with van der Waals surface area (Å²) in [5.41, 5.74) is 5.21. The van der Waals surface area contributed by atoms with Gasteiger partial charge in [-0.1, -0.05) is 29.8 Å². The van der Waals surface area contributed by atoms with Crippen LogP contribution in [0.25, 0.3) is 10.9 Å². The second-order valence-corrected chi connectivity index (χ2v) is 8.56. The van der Waals surface area contributed by atoms with E-state index in [2.05, 4.69) is 34.0 Å². The zero-order valence-corrected chi connectivity index (χ0v) is 19.6. The molecule has 174 valence electrons. The number of morpholine rings is 1. The summed E-state index contributed by atoms with van der Waals surface area (Å²) in [6.07, 6.45) is 3.65. The van der Waals surface area contributed by atoms with Crippen LogP contribution in [0.2, 0.25) is 0 Å². The van der Waals surface area contributed by atoms with Crippen LogP contribution in [0.5, 0.6) is 5.75 Å². The van der Waals surface area contributed by atoms with Crippen molar-refractivity contribution < 1.29 is 14.3 Å². The van der Waals surface area contributed by atoms with Gasteiger partial charge in [-0.15, -0.1) is 0 Å². The minimum atomic E-state index is -0.167. The first-order valence-electron chi connectivity index (χ1n) is 11.4. The van der Waals surface area contributed by atoms with Crippen LogP contribution in [0.3, 0.4) is 0 Å². The van der Waals surface area contributed by atoms with Gasteiger partial charge in [0, 0.05) is 31.3 Å². The Balaban J connectivity index is 1.46. The molecule has 1 N–H and O–H groups in total. The predicted molar refractivity (Wildman–Crippen MR) is 131 cm³/mol. The van der Waals surface area contributed by atoms with Gasteiger partial charge in [-0.3, -0.25) is 9.69 Å². The molecule has 1 amide bonds. The highest BCUT2D eigenvalue weighted by molar-refractivity contribution is 5.89. The van der Waals surface area contributed by atoms with E-state index in [0.717, 1.165) is 66.2 Å². The van der Waals surface area contributed by atoms with Crippen molar-refractivity contribution in [1.29, 1.82) is 0 Å². The predicted octanol–water partition coefficient (Wildman–Crippen LogP) is 3.67. The van der Waals surface area contributed by atoms with Crippen LogP contribution >= 0.6 is 0 Å². The lowest BCUT2D eigenvalue weighted by molar-refractivity contribution is -0.133. The van der Waals surface area contributed by atoms with Crippen LogP contribution in [0.4, 0.5) is 0 Å². The number of aromatic amines is 1. The fourth-order valence-corrected chi connectivity index (χ4v) is 4.19. The lowest BCUT2D eigenvalue weighted by atomic mass is 10.1. The number of amides is 1. The van der Waals surface area contributed by atoms with Crippen LogP contribution in [-0.4, -0.2) is 73.0 Å². The average molecular weight is 449 g/mol. The molecule has 7 heteroatoms. The average Bonchev–Trinajstić information content (AvgIpc) is 3.27. The third-order valence-corrected chi connectivity index (χ3v) is 5.89. The quantitative estimate of drug-likeness (QED) is 0.422. The summed E-state index contributed by atoms with van der Waals surface area (Å²) in [6, 6.07) is 12.2. The Kier molecular flexibility index (Phi) is 7.42. The monoisotopic (exact) mass is 448 g/mol. The summed E-state index contributed by atoms with van der Waals surface area (Å²) in [7, 11) is 0. The zero-order valence-electron chi connectivity index (χ0n) is 19.6. The topological polar surface area (TPSA) is 70.2 Å². The Morgan fingerprint density at radius 2 is 1.91 bits per heavy atom. The highest BCUT2D eigenvalue weighted by Gasteiger charge is 2.18. The van der Waals surface area contributed by atoms with Gasteiger partial charge >= 0.3 is 0 Å². The fraction of sp³-hybridized carbons (Fsp3) is 0.385. The van der Waals surface area contributed by atoms with Crippen molar-refractivity contribution in [2.45, 2.75) is 20.8 Å². The van der Waals surface area contributed by atoms with E-state index in [9.17, 15) is 4.79 Å². The van der Waals surface area contributed by atoms with Crippen molar-refractivity contribution in [2.75, 3.05) is 46.0 Å². The highest BCUT2D eigenvalue weighted by Crippen LogP contribution is 2.24. The number of fused-ring (bicyclic) bond motifs is 1. The summed E-state index contributed by atoms with van der Waals surface area (Å²) in [5.74, 6) is 0.600. The number of carbonyl (C=O) groups is 1. The number of carbonyl (C=O) groups excluding carboxylic acids is 1. The maximum absolute atomic E-state index is 13.1. The SMILES string of the molecule is Cc1cc(C)c(OCC(=O)N(CCN2CCOCC2)/N=C/c2ccc3cc[nH]c3c2)c(C)c1.